The standard InChI is InChI=1S/C15H22O4/c1-7(2)10-6-5-8(3)15(10)13(18)11(16)9(4)12(17)14(15)19/h7-8,10,13,17-18H,5-6H2,1-4H3/t8-,10-,13-,15+/m1/s1. The third kappa shape index (κ3) is 1.62. The van der Waals surface area contributed by atoms with Crippen LogP contribution in [0.5, 0.6) is 0 Å². The lowest BCUT2D eigenvalue weighted by molar-refractivity contribution is -0.156. The van der Waals surface area contributed by atoms with E-state index in [1.165, 1.54) is 6.92 Å². The fourth-order valence-corrected chi connectivity index (χ4v) is 4.06. The van der Waals surface area contributed by atoms with E-state index in [4.69, 9.17) is 0 Å². The van der Waals surface area contributed by atoms with Gasteiger partial charge in [-0.05, 0) is 37.5 Å². The zero-order valence-electron chi connectivity index (χ0n) is 11.9. The van der Waals surface area contributed by atoms with Crippen molar-refractivity contribution in [2.24, 2.45) is 23.2 Å². The first-order valence-electron chi connectivity index (χ1n) is 6.93. The number of ketones is 2. The van der Waals surface area contributed by atoms with Crippen LogP contribution in [0.1, 0.15) is 40.5 Å². The van der Waals surface area contributed by atoms with Crippen LogP contribution in [0.3, 0.4) is 0 Å². The number of hydrogen-bond acceptors (Lipinski definition) is 4. The van der Waals surface area contributed by atoms with E-state index >= 15 is 0 Å². The Morgan fingerprint density at radius 3 is 2.37 bits per heavy atom. The summed E-state index contributed by atoms with van der Waals surface area (Å²) in [6.45, 7) is 7.29. The molecule has 0 saturated heterocycles. The van der Waals surface area contributed by atoms with Crippen LogP contribution >= 0.6 is 0 Å². The van der Waals surface area contributed by atoms with Gasteiger partial charge in [-0.2, -0.15) is 0 Å². The molecule has 2 rings (SSSR count). The summed E-state index contributed by atoms with van der Waals surface area (Å²) in [6.07, 6.45) is 0.285. The summed E-state index contributed by atoms with van der Waals surface area (Å²) in [7, 11) is 0. The van der Waals surface area contributed by atoms with E-state index in [0.29, 0.717) is 0 Å². The highest BCUT2D eigenvalue weighted by atomic mass is 16.3. The number of Topliss-reactive ketones (excluding diaryl/α,β-unsaturated/α-hetero) is 2. The Balaban J connectivity index is 2.64. The van der Waals surface area contributed by atoms with Crippen molar-refractivity contribution in [3.05, 3.63) is 11.3 Å². The highest BCUT2D eigenvalue weighted by Gasteiger charge is 2.63. The molecule has 1 fully saturated rings. The second-order valence-corrected chi connectivity index (χ2v) is 6.33. The number of carbonyl (C=O) groups excluding carboxylic acids is 2. The van der Waals surface area contributed by atoms with Gasteiger partial charge in [-0.1, -0.05) is 20.8 Å². The van der Waals surface area contributed by atoms with E-state index in [1.807, 2.05) is 20.8 Å². The van der Waals surface area contributed by atoms with E-state index in [-0.39, 0.29) is 23.3 Å². The lowest BCUT2D eigenvalue weighted by Crippen LogP contribution is -2.57. The van der Waals surface area contributed by atoms with Crippen molar-refractivity contribution < 1.29 is 19.8 Å². The second-order valence-electron chi connectivity index (χ2n) is 6.33. The zero-order chi connectivity index (χ0) is 14.5. The summed E-state index contributed by atoms with van der Waals surface area (Å²) in [5.74, 6) is -1.37. The molecular weight excluding hydrogens is 244 g/mol. The Morgan fingerprint density at radius 2 is 1.84 bits per heavy atom. The van der Waals surface area contributed by atoms with Gasteiger partial charge in [0.1, 0.15) is 6.10 Å². The minimum absolute atomic E-state index is 0.00951. The van der Waals surface area contributed by atoms with Gasteiger partial charge in [-0.25, -0.2) is 0 Å². The van der Waals surface area contributed by atoms with Crippen LogP contribution < -0.4 is 0 Å². The maximum atomic E-state index is 12.6. The van der Waals surface area contributed by atoms with Crippen LogP contribution in [-0.4, -0.2) is 27.9 Å². The molecule has 106 valence electrons. The number of aliphatic hydroxyl groups is 2. The normalized spacial score (nSPS) is 39.8. The molecule has 0 bridgehead atoms. The quantitative estimate of drug-likeness (QED) is 0.761. The van der Waals surface area contributed by atoms with Gasteiger partial charge in [0.2, 0.25) is 5.78 Å². The molecule has 0 unspecified atom stereocenters. The summed E-state index contributed by atoms with van der Waals surface area (Å²) in [5, 5.41) is 20.4. The van der Waals surface area contributed by atoms with Crippen molar-refractivity contribution in [3.8, 4) is 0 Å². The van der Waals surface area contributed by atoms with Gasteiger partial charge in [0.15, 0.2) is 11.5 Å². The summed E-state index contributed by atoms with van der Waals surface area (Å²) in [6, 6.07) is 0. The third-order valence-corrected chi connectivity index (χ3v) is 5.18. The van der Waals surface area contributed by atoms with E-state index < -0.39 is 28.8 Å². The number of hydrogen-bond donors (Lipinski definition) is 2. The molecule has 0 aliphatic heterocycles. The van der Waals surface area contributed by atoms with Gasteiger partial charge in [-0.3, -0.25) is 9.59 Å². The van der Waals surface area contributed by atoms with Gasteiger partial charge in [0, 0.05) is 5.57 Å². The highest BCUT2D eigenvalue weighted by Crippen LogP contribution is 2.56. The maximum Gasteiger partial charge on any atom is 0.207 e. The summed E-state index contributed by atoms with van der Waals surface area (Å²) < 4.78 is 0. The van der Waals surface area contributed by atoms with Gasteiger partial charge in [-0.15, -0.1) is 0 Å². The SMILES string of the molecule is CC1=C(O)C(=O)[C@]2([C@H](C)CC[C@@H]2C(C)C)[C@H](O)C1=O. The molecule has 0 heterocycles. The molecule has 2 N–H and O–H groups in total. The Labute approximate surface area is 113 Å². The maximum absolute atomic E-state index is 12.6. The molecule has 1 saturated carbocycles. The third-order valence-electron chi connectivity index (χ3n) is 5.18. The predicted octanol–water partition coefficient (Wildman–Crippen LogP) is 2.02. The number of aliphatic hydroxyl groups excluding tert-OH is 2. The van der Waals surface area contributed by atoms with Gasteiger partial charge in [0.05, 0.1) is 5.41 Å². The molecule has 4 nitrogen and oxygen atoms in total. The average Bonchev–Trinajstić information content (AvgIpc) is 2.71. The average molecular weight is 266 g/mol. The van der Waals surface area contributed by atoms with Crippen molar-refractivity contribution in [1.29, 1.82) is 0 Å². The molecule has 0 aromatic heterocycles. The Morgan fingerprint density at radius 1 is 1.26 bits per heavy atom. The van der Waals surface area contributed by atoms with Crippen LogP contribution in [0, 0.1) is 23.2 Å². The fourth-order valence-electron chi connectivity index (χ4n) is 4.06. The summed E-state index contributed by atoms with van der Waals surface area (Å²) in [5.41, 5.74) is -1.14. The highest BCUT2D eigenvalue weighted by molar-refractivity contribution is 6.15. The van der Waals surface area contributed by atoms with Crippen molar-refractivity contribution in [1.82, 2.24) is 0 Å². The Hall–Kier alpha value is -1.16. The smallest absolute Gasteiger partial charge is 0.207 e. The molecule has 0 amide bonds. The molecule has 4 atom stereocenters. The van der Waals surface area contributed by atoms with Crippen LogP contribution in [0.4, 0.5) is 0 Å². The lowest BCUT2D eigenvalue weighted by atomic mass is 9.58. The summed E-state index contributed by atoms with van der Waals surface area (Å²) in [4.78, 5) is 24.8. The first kappa shape index (κ1) is 14.3. The van der Waals surface area contributed by atoms with Crippen molar-refractivity contribution in [2.45, 2.75) is 46.6 Å². The molecule has 19 heavy (non-hydrogen) atoms. The van der Waals surface area contributed by atoms with E-state index in [0.717, 1.165) is 12.8 Å². The first-order valence-corrected chi connectivity index (χ1v) is 6.93. The van der Waals surface area contributed by atoms with Crippen LogP contribution in [0.2, 0.25) is 0 Å². The topological polar surface area (TPSA) is 74.6 Å². The van der Waals surface area contributed by atoms with Crippen LogP contribution in [0.25, 0.3) is 0 Å². The molecule has 0 aromatic rings. The lowest BCUT2D eigenvalue weighted by Gasteiger charge is -2.44. The van der Waals surface area contributed by atoms with E-state index in [1.54, 1.807) is 0 Å². The molecule has 0 radical (unpaired) electrons. The van der Waals surface area contributed by atoms with Crippen molar-refractivity contribution in [2.75, 3.05) is 0 Å². The Bertz CT molecular complexity index is 463. The number of allylic oxidation sites excluding steroid dienone is 1. The van der Waals surface area contributed by atoms with Crippen LogP contribution in [0.15, 0.2) is 11.3 Å². The Kier molecular flexibility index (Phi) is 3.33. The van der Waals surface area contributed by atoms with E-state index in [9.17, 15) is 19.8 Å². The van der Waals surface area contributed by atoms with Crippen molar-refractivity contribution >= 4 is 11.6 Å². The zero-order valence-corrected chi connectivity index (χ0v) is 11.9. The minimum atomic E-state index is -1.32. The molecule has 2 aliphatic rings. The molecule has 1 spiro atoms. The van der Waals surface area contributed by atoms with Gasteiger partial charge < -0.3 is 10.2 Å². The van der Waals surface area contributed by atoms with Crippen LogP contribution in [-0.2, 0) is 9.59 Å². The first-order chi connectivity index (χ1) is 8.76. The molecule has 4 heteroatoms. The number of rotatable bonds is 1. The molecular formula is C15H22O4. The monoisotopic (exact) mass is 266 g/mol. The van der Waals surface area contributed by atoms with Gasteiger partial charge >= 0.3 is 0 Å². The molecule has 2 aliphatic carbocycles. The fraction of sp³-hybridized carbons (Fsp3) is 0.733. The minimum Gasteiger partial charge on any atom is -0.504 e. The number of carbonyl (C=O) groups is 2. The summed E-state index contributed by atoms with van der Waals surface area (Å²) >= 11 is 0. The van der Waals surface area contributed by atoms with Crippen molar-refractivity contribution in [3.63, 3.8) is 0 Å². The van der Waals surface area contributed by atoms with Gasteiger partial charge in [0.25, 0.3) is 0 Å². The van der Waals surface area contributed by atoms with E-state index in [2.05, 4.69) is 0 Å². The molecule has 0 aromatic carbocycles. The second kappa shape index (κ2) is 4.44. The predicted molar refractivity (Wildman–Crippen MR) is 70.5 cm³/mol. The largest absolute Gasteiger partial charge is 0.504 e.